The third kappa shape index (κ3) is 6.38. The summed E-state index contributed by atoms with van der Waals surface area (Å²) in [7, 11) is 0. The minimum absolute atomic E-state index is 0.0215. The van der Waals surface area contributed by atoms with E-state index in [1.807, 2.05) is 12.1 Å². The lowest BCUT2D eigenvalue weighted by Crippen LogP contribution is -2.49. The van der Waals surface area contributed by atoms with E-state index in [2.05, 4.69) is 9.88 Å². The number of piperazine rings is 1. The summed E-state index contributed by atoms with van der Waals surface area (Å²) in [4.78, 5) is 30.5. The second-order valence-electron chi connectivity index (χ2n) is 9.39. The molecule has 212 valence electrons. The fraction of sp³-hybridized carbons (Fsp3) is 0.385. The lowest BCUT2D eigenvalue weighted by molar-refractivity contribution is -0.389. The molecule has 2 aromatic carbocycles. The number of amides is 1. The highest BCUT2D eigenvalue weighted by molar-refractivity contribution is 5.68. The van der Waals surface area contributed by atoms with E-state index in [9.17, 15) is 28.1 Å². The summed E-state index contributed by atoms with van der Waals surface area (Å²) in [6, 6.07) is 12.4. The normalized spacial score (nSPS) is 17.1. The maximum Gasteiger partial charge on any atom is 0.416 e. The van der Waals surface area contributed by atoms with Crippen LogP contribution in [0.25, 0.3) is 0 Å². The van der Waals surface area contributed by atoms with Crippen molar-refractivity contribution in [3.8, 4) is 11.8 Å². The summed E-state index contributed by atoms with van der Waals surface area (Å²) in [5.41, 5.74) is 0.885. The van der Waals surface area contributed by atoms with Gasteiger partial charge in [0.1, 0.15) is 31.3 Å². The van der Waals surface area contributed by atoms with Gasteiger partial charge in [-0.15, -0.1) is 0 Å². The number of aromatic nitrogens is 2. The number of halogens is 3. The molecule has 0 bridgehead atoms. The van der Waals surface area contributed by atoms with Crippen molar-refractivity contribution in [1.29, 1.82) is 0 Å². The van der Waals surface area contributed by atoms with Gasteiger partial charge < -0.3 is 34.1 Å². The molecule has 1 unspecified atom stereocenters. The van der Waals surface area contributed by atoms with Crippen LogP contribution in [0.4, 0.5) is 29.5 Å². The van der Waals surface area contributed by atoms with Crippen LogP contribution >= 0.6 is 0 Å². The highest BCUT2D eigenvalue weighted by atomic mass is 19.4. The Hall–Kier alpha value is -4.49. The summed E-state index contributed by atoms with van der Waals surface area (Å²) in [5.74, 6) is 0.304. The molecule has 0 N–H and O–H groups in total. The lowest BCUT2D eigenvalue weighted by atomic mass is 10.1. The van der Waals surface area contributed by atoms with Crippen molar-refractivity contribution in [1.82, 2.24) is 14.5 Å². The molecular weight excluding hydrogens is 535 g/mol. The van der Waals surface area contributed by atoms with Crippen LogP contribution in [0.5, 0.6) is 11.8 Å². The average molecular weight is 562 g/mol. The Kier molecular flexibility index (Phi) is 7.67. The van der Waals surface area contributed by atoms with Crippen molar-refractivity contribution >= 4 is 17.6 Å². The molecule has 5 rings (SSSR count). The van der Waals surface area contributed by atoms with Crippen molar-refractivity contribution in [2.45, 2.75) is 31.9 Å². The summed E-state index contributed by atoms with van der Waals surface area (Å²) in [6.07, 6.45) is -3.40. The van der Waals surface area contributed by atoms with Gasteiger partial charge in [0.05, 0.1) is 5.56 Å². The molecule has 40 heavy (non-hydrogen) atoms. The Bertz CT molecular complexity index is 1340. The van der Waals surface area contributed by atoms with Crippen molar-refractivity contribution in [3.05, 3.63) is 76.0 Å². The molecule has 2 aliphatic heterocycles. The highest BCUT2D eigenvalue weighted by Gasteiger charge is 2.31. The second-order valence-corrected chi connectivity index (χ2v) is 9.39. The van der Waals surface area contributed by atoms with E-state index in [-0.39, 0.29) is 25.0 Å². The number of anilines is 1. The van der Waals surface area contributed by atoms with Crippen LogP contribution in [0.3, 0.4) is 0 Å². The first-order valence-electron chi connectivity index (χ1n) is 12.6. The number of ether oxygens (including phenoxy) is 3. The van der Waals surface area contributed by atoms with E-state index in [1.165, 1.54) is 18.3 Å². The van der Waals surface area contributed by atoms with Crippen molar-refractivity contribution in [2.75, 3.05) is 37.7 Å². The molecule has 14 heteroatoms. The summed E-state index contributed by atoms with van der Waals surface area (Å²) in [5, 5.41) is 10.9. The number of fused-ring (bicyclic) bond motifs is 1. The minimum Gasteiger partial charge on any atom is -0.489 e. The third-order valence-electron chi connectivity index (χ3n) is 6.70. The fourth-order valence-electron chi connectivity index (χ4n) is 4.45. The van der Waals surface area contributed by atoms with E-state index in [1.54, 1.807) is 21.6 Å². The fourth-order valence-corrected chi connectivity index (χ4v) is 4.45. The molecule has 1 amide bonds. The quantitative estimate of drug-likeness (QED) is 0.306. The largest absolute Gasteiger partial charge is 0.489 e. The highest BCUT2D eigenvalue weighted by Crippen LogP contribution is 2.29. The first-order chi connectivity index (χ1) is 19.2. The Balaban J connectivity index is 1.04. The van der Waals surface area contributed by atoms with Gasteiger partial charge in [0.2, 0.25) is 0 Å². The van der Waals surface area contributed by atoms with Gasteiger partial charge >= 0.3 is 24.1 Å². The van der Waals surface area contributed by atoms with Crippen molar-refractivity contribution in [2.24, 2.45) is 0 Å². The Morgan fingerprint density at radius 1 is 1.05 bits per heavy atom. The van der Waals surface area contributed by atoms with E-state index in [0.717, 1.165) is 17.8 Å². The van der Waals surface area contributed by atoms with E-state index in [0.29, 0.717) is 50.5 Å². The maximum absolute atomic E-state index is 12.7. The monoisotopic (exact) mass is 561 g/mol. The number of carbonyl (C=O) groups excluding carboxylic acids is 1. The van der Waals surface area contributed by atoms with E-state index < -0.39 is 28.9 Å². The molecule has 1 atom stereocenters. The lowest BCUT2D eigenvalue weighted by Gasteiger charge is -2.35. The zero-order chi connectivity index (χ0) is 28.3. The van der Waals surface area contributed by atoms with E-state index >= 15 is 0 Å². The number of nitro groups is 1. The topological polar surface area (TPSA) is 112 Å². The number of hydrogen-bond donors (Lipinski definition) is 0. The smallest absolute Gasteiger partial charge is 0.416 e. The first kappa shape index (κ1) is 27.1. The van der Waals surface area contributed by atoms with Crippen LogP contribution in [-0.4, -0.2) is 64.4 Å². The first-order valence-corrected chi connectivity index (χ1v) is 12.6. The summed E-state index contributed by atoms with van der Waals surface area (Å²) in [6.45, 7) is 2.78. The summed E-state index contributed by atoms with van der Waals surface area (Å²) >= 11 is 0. The zero-order valence-corrected chi connectivity index (χ0v) is 21.2. The number of benzene rings is 2. The number of aryl methyl sites for hydroxylation is 1. The minimum atomic E-state index is -4.37. The molecule has 3 heterocycles. The number of rotatable bonds is 7. The molecule has 0 radical (unpaired) electrons. The van der Waals surface area contributed by atoms with E-state index in [4.69, 9.17) is 14.2 Å². The molecule has 3 aromatic rings. The average Bonchev–Trinajstić information content (AvgIpc) is 3.39. The molecule has 2 aliphatic rings. The van der Waals surface area contributed by atoms with Crippen molar-refractivity contribution < 1.29 is 37.1 Å². The number of alkyl halides is 3. The van der Waals surface area contributed by atoms with Crippen LogP contribution in [0, 0.1) is 10.1 Å². The molecule has 0 spiro atoms. The molecular formula is C26H26F3N5O6. The van der Waals surface area contributed by atoms with Gasteiger partial charge in [-0.2, -0.15) is 13.2 Å². The predicted molar refractivity (Wildman–Crippen MR) is 135 cm³/mol. The maximum atomic E-state index is 12.7. The standard InChI is InChI=1S/C26H26F3N5O6/c27-26(28,29)19-3-1-18(2-4-19)16-38-21-7-5-20(6-8-21)31-11-13-32(14-12-31)25(35)39-17-22-9-10-33-15-23(34(36)37)30-24(33)40-22/h1-8,15,22H,9-14,16-17H2. The van der Waals surface area contributed by atoms with Gasteiger partial charge in [-0.3, -0.25) is 4.57 Å². The molecule has 0 saturated carbocycles. The van der Waals surface area contributed by atoms with Crippen molar-refractivity contribution in [3.63, 3.8) is 0 Å². The van der Waals surface area contributed by atoms with Crippen LogP contribution in [0.2, 0.25) is 0 Å². The Labute approximate surface area is 226 Å². The van der Waals surface area contributed by atoms with Crippen LogP contribution in [-0.2, 0) is 24.1 Å². The summed E-state index contributed by atoms with van der Waals surface area (Å²) < 4.78 is 56.4. The number of nitrogens with zero attached hydrogens (tertiary/aromatic N) is 5. The molecule has 1 aromatic heterocycles. The van der Waals surface area contributed by atoms with Gasteiger partial charge in [0.15, 0.2) is 0 Å². The van der Waals surface area contributed by atoms with Crippen LogP contribution in [0.15, 0.2) is 54.7 Å². The van der Waals surface area contributed by atoms with Gasteiger partial charge in [0.25, 0.3) is 0 Å². The second kappa shape index (κ2) is 11.3. The van der Waals surface area contributed by atoms with Gasteiger partial charge in [0, 0.05) is 49.8 Å². The number of imidazole rings is 1. The van der Waals surface area contributed by atoms with Gasteiger partial charge in [-0.1, -0.05) is 12.1 Å². The van der Waals surface area contributed by atoms with Gasteiger partial charge in [-0.25, -0.2) is 4.79 Å². The van der Waals surface area contributed by atoms with Crippen LogP contribution in [0.1, 0.15) is 17.5 Å². The Morgan fingerprint density at radius 2 is 1.75 bits per heavy atom. The van der Waals surface area contributed by atoms with Crippen LogP contribution < -0.4 is 14.4 Å². The predicted octanol–water partition coefficient (Wildman–Crippen LogP) is 4.50. The zero-order valence-electron chi connectivity index (χ0n) is 21.2. The van der Waals surface area contributed by atoms with Gasteiger partial charge in [-0.05, 0) is 46.9 Å². The number of carbonyl (C=O) groups is 1. The third-order valence-corrected chi connectivity index (χ3v) is 6.70. The molecule has 1 fully saturated rings. The number of hydrogen-bond acceptors (Lipinski definition) is 8. The molecule has 1 saturated heterocycles. The molecule has 11 nitrogen and oxygen atoms in total. The molecule has 0 aliphatic carbocycles. The Morgan fingerprint density at radius 3 is 2.40 bits per heavy atom. The SMILES string of the molecule is O=C(OCC1CCn2cc([N+](=O)[O-])nc2O1)N1CCN(c2ccc(OCc3ccc(C(F)(F)F)cc3)cc2)CC1.